The molecular weight excluding hydrogens is 447 g/mol. The van der Waals surface area contributed by atoms with Crippen LogP contribution in [0.4, 0.5) is 4.39 Å². The van der Waals surface area contributed by atoms with Crippen molar-refractivity contribution in [1.82, 2.24) is 20.5 Å². The summed E-state index contributed by atoms with van der Waals surface area (Å²) in [6, 6.07) is 15.0. The number of aryl methyl sites for hydroxylation is 1. The number of carbonyl (C=O) groups is 1. The third kappa shape index (κ3) is 4.88. The molecule has 5 rings (SSSR count). The first-order chi connectivity index (χ1) is 16.9. The number of pyridine rings is 1. The molecule has 1 saturated carbocycles. The minimum atomic E-state index is -0.870. The monoisotopic (exact) mass is 474 g/mol. The van der Waals surface area contributed by atoms with E-state index < -0.39 is 11.4 Å². The number of amides is 1. The number of aliphatic hydroxyl groups is 1. The van der Waals surface area contributed by atoms with Crippen molar-refractivity contribution in [3.05, 3.63) is 77.9 Å². The molecule has 1 amide bonds. The highest BCUT2D eigenvalue weighted by atomic mass is 19.1. The quantitative estimate of drug-likeness (QED) is 0.381. The number of aromatic nitrogens is 3. The summed E-state index contributed by atoms with van der Waals surface area (Å²) in [6.45, 7) is 1.71. The summed E-state index contributed by atoms with van der Waals surface area (Å²) in [4.78, 5) is 17.4. The van der Waals surface area contributed by atoms with E-state index in [4.69, 9.17) is 4.74 Å². The Balaban J connectivity index is 1.34. The Morgan fingerprint density at radius 3 is 2.94 bits per heavy atom. The summed E-state index contributed by atoms with van der Waals surface area (Å²) in [5, 5.41) is 21.6. The highest BCUT2D eigenvalue weighted by Crippen LogP contribution is 2.34. The van der Waals surface area contributed by atoms with Gasteiger partial charge in [0.2, 0.25) is 0 Å². The van der Waals surface area contributed by atoms with Gasteiger partial charge >= 0.3 is 0 Å². The number of hydrogen-bond acceptors (Lipinski definition) is 5. The summed E-state index contributed by atoms with van der Waals surface area (Å²) in [6.07, 6.45) is 4.34. The van der Waals surface area contributed by atoms with Gasteiger partial charge in [-0.1, -0.05) is 6.07 Å². The average Bonchev–Trinajstić information content (AvgIpc) is 3.27. The first kappa shape index (κ1) is 23.0. The molecule has 0 bridgehead atoms. The van der Waals surface area contributed by atoms with Crippen molar-refractivity contribution in [2.24, 2.45) is 0 Å². The zero-order valence-corrected chi connectivity index (χ0v) is 19.4. The molecular formula is C27H27FN4O3. The van der Waals surface area contributed by atoms with Gasteiger partial charge in [-0.3, -0.25) is 14.9 Å². The van der Waals surface area contributed by atoms with Gasteiger partial charge in [0.15, 0.2) is 0 Å². The van der Waals surface area contributed by atoms with Crippen LogP contribution in [0.1, 0.15) is 41.7 Å². The molecule has 2 heterocycles. The molecule has 35 heavy (non-hydrogen) atoms. The van der Waals surface area contributed by atoms with E-state index in [2.05, 4.69) is 20.5 Å². The highest BCUT2D eigenvalue weighted by molar-refractivity contribution is 6.01. The number of rotatable bonds is 6. The lowest BCUT2D eigenvalue weighted by Crippen LogP contribution is -2.51. The van der Waals surface area contributed by atoms with Crippen molar-refractivity contribution in [2.45, 2.75) is 44.2 Å². The first-order valence-corrected chi connectivity index (χ1v) is 11.7. The summed E-state index contributed by atoms with van der Waals surface area (Å²) in [5.41, 5.74) is 3.07. The van der Waals surface area contributed by atoms with Crippen LogP contribution >= 0.6 is 0 Å². The van der Waals surface area contributed by atoms with Crippen LogP contribution in [-0.2, 0) is 0 Å². The van der Waals surface area contributed by atoms with Crippen LogP contribution in [0.2, 0.25) is 0 Å². The van der Waals surface area contributed by atoms with E-state index in [1.165, 1.54) is 12.1 Å². The zero-order chi connectivity index (χ0) is 24.4. The third-order valence-corrected chi connectivity index (χ3v) is 6.55. The number of nitrogens with zero attached hydrogens (tertiary/aromatic N) is 2. The van der Waals surface area contributed by atoms with Crippen LogP contribution in [0.5, 0.6) is 5.75 Å². The smallest absolute Gasteiger partial charge is 0.251 e. The molecule has 1 fully saturated rings. The molecule has 1 aliphatic rings. The number of aliphatic hydroxyl groups excluding tert-OH is 1. The molecule has 0 spiro atoms. The number of hydrogen-bond donors (Lipinski definition) is 3. The molecule has 8 heteroatoms. The van der Waals surface area contributed by atoms with Gasteiger partial charge in [0.1, 0.15) is 22.9 Å². The lowest BCUT2D eigenvalue weighted by atomic mass is 9.82. The standard InChI is InChI=1S/C27H27FN4O3/c1-17-12-18(9-11-29-17)25-23-13-19(7-8-24(23)31-32-25)26(34)30-21-5-3-10-27(15-21,16-33)35-22-6-2-4-20(28)14-22/h2,4,6-9,11-14,21,33H,3,5,10,15-16H2,1H3,(H,30,34)(H,31,32). The number of ether oxygens (including phenoxy) is 1. The normalized spacial score (nSPS) is 20.0. The van der Waals surface area contributed by atoms with E-state index in [9.17, 15) is 14.3 Å². The van der Waals surface area contributed by atoms with Gasteiger partial charge in [-0.15, -0.1) is 0 Å². The minimum Gasteiger partial charge on any atom is -0.485 e. The Bertz CT molecular complexity index is 1370. The van der Waals surface area contributed by atoms with E-state index in [0.29, 0.717) is 24.2 Å². The number of carbonyl (C=O) groups excluding carboxylic acids is 1. The van der Waals surface area contributed by atoms with Crippen LogP contribution in [0.3, 0.4) is 0 Å². The fourth-order valence-electron chi connectivity index (χ4n) is 4.83. The molecule has 2 aromatic heterocycles. The largest absolute Gasteiger partial charge is 0.485 e. The molecule has 2 unspecified atom stereocenters. The SMILES string of the molecule is Cc1cc(-c2n[nH]c3ccc(C(=O)NC4CCCC(CO)(Oc5cccc(F)c5)C4)cc23)ccn1. The number of halogens is 1. The summed E-state index contributed by atoms with van der Waals surface area (Å²) >= 11 is 0. The van der Waals surface area contributed by atoms with Gasteiger partial charge in [-0.2, -0.15) is 5.10 Å². The van der Waals surface area contributed by atoms with Crippen LogP contribution < -0.4 is 10.1 Å². The van der Waals surface area contributed by atoms with Gasteiger partial charge in [-0.25, -0.2) is 4.39 Å². The molecule has 4 aromatic rings. The minimum absolute atomic E-state index is 0.181. The summed E-state index contributed by atoms with van der Waals surface area (Å²) in [5.74, 6) is -0.225. The van der Waals surface area contributed by atoms with Crippen LogP contribution in [-0.4, -0.2) is 44.4 Å². The fraction of sp³-hybridized carbons (Fsp3) is 0.296. The van der Waals surface area contributed by atoms with Crippen LogP contribution in [0.25, 0.3) is 22.2 Å². The van der Waals surface area contributed by atoms with Crippen molar-refractivity contribution < 1.29 is 19.0 Å². The van der Waals surface area contributed by atoms with Crippen molar-refractivity contribution in [1.29, 1.82) is 0 Å². The Morgan fingerprint density at radius 2 is 2.14 bits per heavy atom. The topological polar surface area (TPSA) is 100 Å². The molecule has 0 saturated heterocycles. The fourth-order valence-corrected chi connectivity index (χ4v) is 4.83. The maximum atomic E-state index is 13.6. The molecule has 0 radical (unpaired) electrons. The first-order valence-electron chi connectivity index (χ1n) is 11.7. The van der Waals surface area contributed by atoms with Gasteiger partial charge in [-0.05, 0) is 68.7 Å². The van der Waals surface area contributed by atoms with Crippen molar-refractivity contribution in [3.8, 4) is 17.0 Å². The Labute approximate surface area is 202 Å². The Hall–Kier alpha value is -3.78. The van der Waals surface area contributed by atoms with E-state index in [-0.39, 0.29) is 18.6 Å². The van der Waals surface area contributed by atoms with E-state index >= 15 is 0 Å². The lowest BCUT2D eigenvalue weighted by Gasteiger charge is -2.40. The van der Waals surface area contributed by atoms with Gasteiger partial charge in [0.25, 0.3) is 5.91 Å². The lowest BCUT2D eigenvalue weighted by molar-refractivity contribution is -0.0283. The number of benzene rings is 2. The van der Waals surface area contributed by atoms with Crippen LogP contribution in [0.15, 0.2) is 60.8 Å². The van der Waals surface area contributed by atoms with Crippen molar-refractivity contribution >= 4 is 16.8 Å². The van der Waals surface area contributed by atoms with E-state index in [0.717, 1.165) is 40.7 Å². The maximum absolute atomic E-state index is 13.6. The Kier molecular flexibility index (Phi) is 6.21. The molecule has 2 atom stereocenters. The Morgan fingerprint density at radius 1 is 1.26 bits per heavy atom. The summed E-state index contributed by atoms with van der Waals surface area (Å²) in [7, 11) is 0. The van der Waals surface area contributed by atoms with Gasteiger partial charge < -0.3 is 15.2 Å². The highest BCUT2D eigenvalue weighted by Gasteiger charge is 2.39. The second-order valence-corrected chi connectivity index (χ2v) is 9.19. The summed E-state index contributed by atoms with van der Waals surface area (Å²) < 4.78 is 19.7. The molecule has 180 valence electrons. The maximum Gasteiger partial charge on any atom is 0.251 e. The number of H-pyrrole nitrogens is 1. The van der Waals surface area contributed by atoms with E-state index in [1.807, 2.05) is 31.2 Å². The van der Waals surface area contributed by atoms with Gasteiger partial charge in [0.05, 0.1) is 12.1 Å². The van der Waals surface area contributed by atoms with Crippen molar-refractivity contribution in [3.63, 3.8) is 0 Å². The molecule has 2 aromatic carbocycles. The number of nitrogens with one attached hydrogen (secondary N) is 2. The van der Waals surface area contributed by atoms with Crippen LogP contribution in [0, 0.1) is 12.7 Å². The van der Waals surface area contributed by atoms with E-state index in [1.54, 1.807) is 24.4 Å². The second kappa shape index (κ2) is 9.46. The number of aromatic amines is 1. The molecule has 0 aliphatic heterocycles. The zero-order valence-electron chi connectivity index (χ0n) is 19.4. The second-order valence-electron chi connectivity index (χ2n) is 9.19. The van der Waals surface area contributed by atoms with Crippen molar-refractivity contribution in [2.75, 3.05) is 6.61 Å². The average molecular weight is 475 g/mol. The molecule has 1 aliphatic carbocycles. The predicted molar refractivity (Wildman–Crippen MR) is 131 cm³/mol. The van der Waals surface area contributed by atoms with Gasteiger partial charge in [0, 0.05) is 46.9 Å². The number of fused-ring (bicyclic) bond motifs is 1. The third-order valence-electron chi connectivity index (χ3n) is 6.55. The predicted octanol–water partition coefficient (Wildman–Crippen LogP) is 4.55. The molecule has 3 N–H and O–H groups in total. The molecule has 7 nitrogen and oxygen atoms in total.